The number of likely N-dealkylation sites (tertiary alicyclic amines) is 1. The topological polar surface area (TPSA) is 52.7 Å². The Morgan fingerprint density at radius 1 is 1.33 bits per heavy atom. The SMILES string of the molecule is CCC1C(=O)NC(C)(C)C(=O)N1CC1CCN(C(C)C)C1. The maximum absolute atomic E-state index is 12.7. The molecule has 2 aliphatic heterocycles. The lowest BCUT2D eigenvalue weighted by molar-refractivity contribution is -0.154. The predicted molar refractivity (Wildman–Crippen MR) is 82.8 cm³/mol. The van der Waals surface area contributed by atoms with Crippen LogP contribution in [-0.2, 0) is 9.59 Å². The summed E-state index contributed by atoms with van der Waals surface area (Å²) in [5.41, 5.74) is -0.779. The van der Waals surface area contributed by atoms with Gasteiger partial charge in [-0.05, 0) is 53.0 Å². The van der Waals surface area contributed by atoms with Crippen LogP contribution in [0.5, 0.6) is 0 Å². The molecule has 0 aromatic heterocycles. The van der Waals surface area contributed by atoms with Gasteiger partial charge in [-0.2, -0.15) is 0 Å². The highest BCUT2D eigenvalue weighted by Gasteiger charge is 2.45. The second kappa shape index (κ2) is 5.95. The minimum absolute atomic E-state index is 0.0131. The minimum atomic E-state index is -0.779. The lowest BCUT2D eigenvalue weighted by Crippen LogP contribution is -2.68. The Kier molecular flexibility index (Phi) is 4.61. The maximum Gasteiger partial charge on any atom is 0.248 e. The predicted octanol–water partition coefficient (Wildman–Crippen LogP) is 1.23. The van der Waals surface area contributed by atoms with Gasteiger partial charge in [-0.3, -0.25) is 9.59 Å². The minimum Gasteiger partial charge on any atom is -0.340 e. The van der Waals surface area contributed by atoms with Gasteiger partial charge in [-0.1, -0.05) is 6.92 Å². The molecule has 0 aromatic carbocycles. The van der Waals surface area contributed by atoms with Crippen molar-refractivity contribution in [2.75, 3.05) is 19.6 Å². The van der Waals surface area contributed by atoms with Gasteiger partial charge < -0.3 is 15.1 Å². The van der Waals surface area contributed by atoms with Crippen molar-refractivity contribution in [1.82, 2.24) is 15.1 Å². The molecule has 0 aromatic rings. The Labute approximate surface area is 128 Å². The van der Waals surface area contributed by atoms with E-state index in [9.17, 15) is 9.59 Å². The Morgan fingerprint density at radius 3 is 2.52 bits per heavy atom. The number of nitrogens with one attached hydrogen (secondary N) is 1. The van der Waals surface area contributed by atoms with Gasteiger partial charge in [0.2, 0.25) is 11.8 Å². The molecule has 2 rings (SSSR count). The summed E-state index contributed by atoms with van der Waals surface area (Å²) in [6, 6.07) is 0.243. The molecule has 21 heavy (non-hydrogen) atoms. The van der Waals surface area contributed by atoms with Gasteiger partial charge in [0.15, 0.2) is 0 Å². The molecule has 0 radical (unpaired) electrons. The number of hydrogen-bond donors (Lipinski definition) is 1. The zero-order valence-corrected chi connectivity index (χ0v) is 14.0. The quantitative estimate of drug-likeness (QED) is 0.849. The molecule has 2 aliphatic rings. The first-order valence-electron chi connectivity index (χ1n) is 8.13. The highest BCUT2D eigenvalue weighted by Crippen LogP contribution is 2.25. The maximum atomic E-state index is 12.7. The Hall–Kier alpha value is -1.10. The largest absolute Gasteiger partial charge is 0.340 e. The summed E-state index contributed by atoms with van der Waals surface area (Å²) in [6.45, 7) is 12.8. The third-order valence-electron chi connectivity index (χ3n) is 4.80. The van der Waals surface area contributed by atoms with Crippen LogP contribution in [0.3, 0.4) is 0 Å². The number of amides is 2. The zero-order chi connectivity index (χ0) is 15.8. The fourth-order valence-electron chi connectivity index (χ4n) is 3.46. The van der Waals surface area contributed by atoms with E-state index in [-0.39, 0.29) is 17.9 Å². The van der Waals surface area contributed by atoms with Crippen LogP contribution in [0.25, 0.3) is 0 Å². The van der Waals surface area contributed by atoms with Crippen molar-refractivity contribution in [1.29, 1.82) is 0 Å². The molecule has 0 saturated carbocycles. The molecule has 0 spiro atoms. The third kappa shape index (κ3) is 3.23. The summed E-state index contributed by atoms with van der Waals surface area (Å²) in [4.78, 5) is 29.2. The van der Waals surface area contributed by atoms with Crippen LogP contribution >= 0.6 is 0 Å². The first kappa shape index (κ1) is 16.3. The van der Waals surface area contributed by atoms with Crippen molar-refractivity contribution < 1.29 is 9.59 Å². The monoisotopic (exact) mass is 295 g/mol. The number of carbonyl (C=O) groups is 2. The van der Waals surface area contributed by atoms with E-state index < -0.39 is 5.54 Å². The van der Waals surface area contributed by atoms with Crippen LogP contribution < -0.4 is 5.32 Å². The second-order valence-electron chi connectivity index (χ2n) is 7.24. The van der Waals surface area contributed by atoms with Gasteiger partial charge in [-0.15, -0.1) is 0 Å². The summed E-state index contributed by atoms with van der Waals surface area (Å²) in [5.74, 6) is 0.518. The fourth-order valence-corrected chi connectivity index (χ4v) is 3.46. The smallest absolute Gasteiger partial charge is 0.248 e. The highest BCUT2D eigenvalue weighted by atomic mass is 16.2. The molecule has 0 aliphatic carbocycles. The fraction of sp³-hybridized carbons (Fsp3) is 0.875. The summed E-state index contributed by atoms with van der Waals surface area (Å²) >= 11 is 0. The van der Waals surface area contributed by atoms with Crippen LogP contribution in [0.1, 0.15) is 47.5 Å². The van der Waals surface area contributed by atoms with E-state index in [2.05, 4.69) is 24.1 Å². The standard InChI is InChI=1S/C16H29N3O2/c1-6-13-14(20)17-16(4,5)15(21)19(13)10-12-7-8-18(9-12)11(2)3/h11-13H,6-10H2,1-5H3,(H,17,20). The van der Waals surface area contributed by atoms with Crippen LogP contribution in [0, 0.1) is 5.92 Å². The highest BCUT2D eigenvalue weighted by molar-refractivity contribution is 5.99. The Bertz CT molecular complexity index is 420. The molecule has 2 fully saturated rings. The average Bonchev–Trinajstić information content (AvgIpc) is 2.84. The van der Waals surface area contributed by atoms with Crippen molar-refractivity contribution in [2.24, 2.45) is 5.92 Å². The number of rotatable bonds is 4. The van der Waals surface area contributed by atoms with Gasteiger partial charge in [0.05, 0.1) is 0 Å². The van der Waals surface area contributed by atoms with Crippen molar-refractivity contribution >= 4 is 11.8 Å². The molecule has 2 atom stereocenters. The summed E-state index contributed by atoms with van der Waals surface area (Å²) in [5, 5.41) is 2.85. The molecule has 2 saturated heterocycles. The molecular weight excluding hydrogens is 266 g/mol. The van der Waals surface area contributed by atoms with Gasteiger partial charge >= 0.3 is 0 Å². The van der Waals surface area contributed by atoms with E-state index in [4.69, 9.17) is 0 Å². The zero-order valence-electron chi connectivity index (χ0n) is 14.0. The molecule has 2 amide bonds. The third-order valence-corrected chi connectivity index (χ3v) is 4.80. The Morgan fingerprint density at radius 2 is 2.00 bits per heavy atom. The molecule has 1 N–H and O–H groups in total. The summed E-state index contributed by atoms with van der Waals surface area (Å²) in [7, 11) is 0. The summed E-state index contributed by atoms with van der Waals surface area (Å²) < 4.78 is 0. The number of piperazine rings is 1. The lowest BCUT2D eigenvalue weighted by atomic mass is 9.94. The second-order valence-corrected chi connectivity index (χ2v) is 7.24. The van der Waals surface area contributed by atoms with Gasteiger partial charge in [0.25, 0.3) is 0 Å². The number of hydrogen-bond acceptors (Lipinski definition) is 3. The van der Waals surface area contributed by atoms with Gasteiger partial charge in [-0.25, -0.2) is 0 Å². The van der Waals surface area contributed by atoms with Crippen LogP contribution in [0.2, 0.25) is 0 Å². The first-order valence-corrected chi connectivity index (χ1v) is 8.13. The van der Waals surface area contributed by atoms with Gasteiger partial charge in [0.1, 0.15) is 11.6 Å². The van der Waals surface area contributed by atoms with E-state index in [1.54, 1.807) is 13.8 Å². The molecule has 2 heterocycles. The Balaban J connectivity index is 2.08. The molecule has 120 valence electrons. The van der Waals surface area contributed by atoms with Crippen LogP contribution in [0.4, 0.5) is 0 Å². The van der Waals surface area contributed by atoms with E-state index in [0.717, 1.165) is 19.5 Å². The summed E-state index contributed by atoms with van der Waals surface area (Å²) in [6.07, 6.45) is 1.79. The van der Waals surface area contributed by atoms with Crippen molar-refractivity contribution in [3.63, 3.8) is 0 Å². The van der Waals surface area contributed by atoms with E-state index in [1.165, 1.54) is 0 Å². The first-order chi connectivity index (χ1) is 9.76. The lowest BCUT2D eigenvalue weighted by Gasteiger charge is -2.43. The normalized spacial score (nSPS) is 30.1. The molecule has 5 heteroatoms. The molecule has 2 unspecified atom stereocenters. The van der Waals surface area contributed by atoms with Crippen LogP contribution in [-0.4, -0.2) is 58.9 Å². The van der Waals surface area contributed by atoms with Crippen molar-refractivity contribution in [3.8, 4) is 0 Å². The van der Waals surface area contributed by atoms with Crippen molar-refractivity contribution in [2.45, 2.75) is 65.1 Å². The van der Waals surface area contributed by atoms with Gasteiger partial charge in [0, 0.05) is 19.1 Å². The van der Waals surface area contributed by atoms with E-state index in [0.29, 0.717) is 24.9 Å². The molecule has 5 nitrogen and oxygen atoms in total. The van der Waals surface area contributed by atoms with Crippen LogP contribution in [0.15, 0.2) is 0 Å². The van der Waals surface area contributed by atoms with E-state index in [1.807, 2.05) is 11.8 Å². The van der Waals surface area contributed by atoms with E-state index >= 15 is 0 Å². The molecule has 0 bridgehead atoms. The number of nitrogens with zero attached hydrogens (tertiary/aromatic N) is 2. The molecular formula is C16H29N3O2. The van der Waals surface area contributed by atoms with Crippen molar-refractivity contribution in [3.05, 3.63) is 0 Å². The average molecular weight is 295 g/mol. The number of carbonyl (C=O) groups excluding carboxylic acids is 2.